The fourth-order valence-corrected chi connectivity index (χ4v) is 1.67. The molecule has 20 heavy (non-hydrogen) atoms. The molecule has 0 saturated carbocycles. The Hall–Kier alpha value is -2.62. The molecule has 0 fully saturated rings. The Balaban J connectivity index is 1.87. The maximum Gasteiger partial charge on any atom is 0.330 e. The molecule has 0 atom stereocenters. The number of hydrogen-bond donors (Lipinski definition) is 1. The second-order valence-corrected chi connectivity index (χ2v) is 4.29. The fraction of sp³-hybridized carbons (Fsp3) is 0.125. The van der Waals surface area contributed by atoms with Gasteiger partial charge in [0.25, 0.3) is 5.91 Å². The van der Waals surface area contributed by atoms with E-state index in [-0.39, 0.29) is 12.5 Å². The molecule has 0 spiro atoms. The molecular formula is C16H15NO3. The molecule has 1 amide bonds. The van der Waals surface area contributed by atoms with Crippen LogP contribution in [0.15, 0.2) is 54.6 Å². The number of para-hydroxylation sites is 1. The maximum atomic E-state index is 11.7. The number of hydrogen-bond acceptors (Lipinski definition) is 3. The number of esters is 1. The third-order valence-electron chi connectivity index (χ3n) is 2.75. The first-order chi connectivity index (χ1) is 9.66. The van der Waals surface area contributed by atoms with Crippen molar-refractivity contribution in [2.75, 3.05) is 6.54 Å². The Labute approximate surface area is 117 Å². The fourth-order valence-electron chi connectivity index (χ4n) is 1.67. The zero-order chi connectivity index (χ0) is 14.4. The van der Waals surface area contributed by atoms with Gasteiger partial charge >= 0.3 is 5.97 Å². The van der Waals surface area contributed by atoms with Crippen molar-refractivity contribution in [3.8, 4) is 5.75 Å². The summed E-state index contributed by atoms with van der Waals surface area (Å²) in [6, 6.07) is 15.9. The Bertz CT molecular complexity index is 608. The zero-order valence-corrected chi connectivity index (χ0v) is 11.1. The minimum atomic E-state index is -0.497. The lowest BCUT2D eigenvalue weighted by Gasteiger charge is -2.08. The molecule has 0 heterocycles. The maximum absolute atomic E-state index is 11.7. The largest absolute Gasteiger partial charge is 0.425 e. The highest BCUT2D eigenvalue weighted by Crippen LogP contribution is 2.15. The summed E-state index contributed by atoms with van der Waals surface area (Å²) in [6.45, 7) is 1.69. The van der Waals surface area contributed by atoms with Crippen molar-refractivity contribution in [3.05, 3.63) is 65.7 Å². The Morgan fingerprint density at radius 2 is 1.65 bits per heavy atom. The predicted octanol–water partition coefficient (Wildman–Crippen LogP) is 2.33. The third kappa shape index (κ3) is 3.68. The molecule has 4 heteroatoms. The van der Waals surface area contributed by atoms with Gasteiger partial charge in [-0.3, -0.25) is 4.79 Å². The number of carbonyl (C=O) groups is 2. The quantitative estimate of drug-likeness (QED) is 0.684. The molecule has 0 aliphatic rings. The highest BCUT2D eigenvalue weighted by Gasteiger charge is 2.10. The van der Waals surface area contributed by atoms with Gasteiger partial charge in [0.1, 0.15) is 12.3 Å². The van der Waals surface area contributed by atoms with E-state index in [0.29, 0.717) is 11.3 Å². The zero-order valence-electron chi connectivity index (χ0n) is 11.1. The Morgan fingerprint density at radius 1 is 1.00 bits per heavy atom. The summed E-state index contributed by atoms with van der Waals surface area (Å²) in [5.41, 5.74) is 1.38. The highest BCUT2D eigenvalue weighted by molar-refractivity contribution is 5.96. The van der Waals surface area contributed by atoms with Crippen LogP contribution in [0.3, 0.4) is 0 Å². The van der Waals surface area contributed by atoms with Gasteiger partial charge in [-0.2, -0.15) is 0 Å². The number of aryl methyl sites for hydroxylation is 1. The van der Waals surface area contributed by atoms with Gasteiger partial charge in [0.2, 0.25) is 0 Å². The summed E-state index contributed by atoms with van der Waals surface area (Å²) in [7, 11) is 0. The van der Waals surface area contributed by atoms with Crippen molar-refractivity contribution in [1.29, 1.82) is 0 Å². The molecule has 2 aromatic rings. The van der Waals surface area contributed by atoms with Crippen LogP contribution in [0.25, 0.3) is 0 Å². The van der Waals surface area contributed by atoms with Crippen LogP contribution in [0, 0.1) is 6.92 Å². The van der Waals surface area contributed by atoms with Crippen molar-refractivity contribution in [1.82, 2.24) is 5.32 Å². The second-order valence-electron chi connectivity index (χ2n) is 4.29. The van der Waals surface area contributed by atoms with Gasteiger partial charge < -0.3 is 10.1 Å². The van der Waals surface area contributed by atoms with Crippen LogP contribution in [-0.4, -0.2) is 18.4 Å². The lowest BCUT2D eigenvalue weighted by atomic mass is 10.2. The molecule has 0 radical (unpaired) electrons. The number of amides is 1. The van der Waals surface area contributed by atoms with E-state index in [1.165, 1.54) is 0 Å². The van der Waals surface area contributed by atoms with Crippen LogP contribution in [0.1, 0.15) is 15.9 Å². The third-order valence-corrected chi connectivity index (χ3v) is 2.75. The minimum absolute atomic E-state index is 0.165. The Kier molecular flexibility index (Phi) is 4.50. The van der Waals surface area contributed by atoms with E-state index in [1.54, 1.807) is 36.4 Å². The molecule has 1 N–H and O–H groups in total. The molecule has 4 nitrogen and oxygen atoms in total. The monoisotopic (exact) mass is 269 g/mol. The van der Waals surface area contributed by atoms with Crippen LogP contribution in [0.2, 0.25) is 0 Å². The van der Waals surface area contributed by atoms with Gasteiger partial charge in [0.05, 0.1) is 0 Å². The lowest BCUT2D eigenvalue weighted by molar-refractivity contribution is -0.133. The van der Waals surface area contributed by atoms with Crippen LogP contribution in [0.5, 0.6) is 5.75 Å². The molecular weight excluding hydrogens is 254 g/mol. The van der Waals surface area contributed by atoms with Crippen LogP contribution < -0.4 is 10.1 Å². The smallest absolute Gasteiger partial charge is 0.330 e. The standard InChI is InChI=1S/C16H15NO3/c1-12-7-5-6-10-14(12)20-15(18)11-17-16(19)13-8-3-2-4-9-13/h2-10H,11H2,1H3,(H,17,19). The first-order valence-corrected chi connectivity index (χ1v) is 6.26. The molecule has 0 aliphatic heterocycles. The highest BCUT2D eigenvalue weighted by atomic mass is 16.5. The molecule has 0 aromatic heterocycles. The van der Waals surface area contributed by atoms with E-state index in [2.05, 4.69) is 5.32 Å². The van der Waals surface area contributed by atoms with Crippen molar-refractivity contribution in [2.24, 2.45) is 0 Å². The van der Waals surface area contributed by atoms with Gasteiger partial charge in [-0.1, -0.05) is 36.4 Å². The number of ether oxygens (including phenoxy) is 1. The SMILES string of the molecule is Cc1ccccc1OC(=O)CNC(=O)c1ccccc1. The number of carbonyl (C=O) groups excluding carboxylic acids is 2. The van der Waals surface area contributed by atoms with Gasteiger partial charge in [-0.05, 0) is 30.7 Å². The van der Waals surface area contributed by atoms with Gasteiger partial charge in [-0.25, -0.2) is 4.79 Å². The van der Waals surface area contributed by atoms with Gasteiger partial charge in [0, 0.05) is 5.56 Å². The number of nitrogens with one attached hydrogen (secondary N) is 1. The van der Waals surface area contributed by atoms with Crippen molar-refractivity contribution < 1.29 is 14.3 Å². The summed E-state index contributed by atoms with van der Waals surface area (Å²) in [6.07, 6.45) is 0. The van der Waals surface area contributed by atoms with Crippen LogP contribution >= 0.6 is 0 Å². The van der Waals surface area contributed by atoms with E-state index >= 15 is 0 Å². The second kappa shape index (κ2) is 6.52. The van der Waals surface area contributed by atoms with E-state index in [4.69, 9.17) is 4.74 Å². The van der Waals surface area contributed by atoms with Gasteiger partial charge in [-0.15, -0.1) is 0 Å². The topological polar surface area (TPSA) is 55.4 Å². The average molecular weight is 269 g/mol. The van der Waals surface area contributed by atoms with E-state index < -0.39 is 5.97 Å². The minimum Gasteiger partial charge on any atom is -0.425 e. The molecule has 0 bridgehead atoms. The van der Waals surface area contributed by atoms with Crippen LogP contribution in [-0.2, 0) is 4.79 Å². The Morgan fingerprint density at radius 3 is 2.35 bits per heavy atom. The molecule has 102 valence electrons. The van der Waals surface area contributed by atoms with E-state index in [9.17, 15) is 9.59 Å². The first kappa shape index (κ1) is 13.8. The van der Waals surface area contributed by atoms with Crippen molar-refractivity contribution in [2.45, 2.75) is 6.92 Å². The number of rotatable bonds is 4. The number of benzene rings is 2. The normalized spacial score (nSPS) is 9.85. The van der Waals surface area contributed by atoms with E-state index in [1.807, 2.05) is 25.1 Å². The summed E-state index contributed by atoms with van der Waals surface area (Å²) in [4.78, 5) is 23.4. The first-order valence-electron chi connectivity index (χ1n) is 6.26. The van der Waals surface area contributed by atoms with Crippen molar-refractivity contribution >= 4 is 11.9 Å². The predicted molar refractivity (Wildman–Crippen MR) is 75.6 cm³/mol. The summed E-state index contributed by atoms with van der Waals surface area (Å²) in [5.74, 6) is -0.289. The average Bonchev–Trinajstić information content (AvgIpc) is 2.48. The van der Waals surface area contributed by atoms with Crippen molar-refractivity contribution in [3.63, 3.8) is 0 Å². The summed E-state index contributed by atoms with van der Waals surface area (Å²) < 4.78 is 5.18. The molecule has 0 unspecified atom stereocenters. The summed E-state index contributed by atoms with van der Waals surface area (Å²) in [5, 5.41) is 2.52. The molecule has 0 aliphatic carbocycles. The molecule has 0 saturated heterocycles. The van der Waals surface area contributed by atoms with Crippen LogP contribution in [0.4, 0.5) is 0 Å². The molecule has 2 aromatic carbocycles. The van der Waals surface area contributed by atoms with Gasteiger partial charge in [0.15, 0.2) is 0 Å². The molecule has 2 rings (SSSR count). The lowest BCUT2D eigenvalue weighted by Crippen LogP contribution is -2.31. The van der Waals surface area contributed by atoms with E-state index in [0.717, 1.165) is 5.56 Å². The summed E-state index contributed by atoms with van der Waals surface area (Å²) >= 11 is 0.